The smallest absolute Gasteiger partial charge is 0.221 e. The minimum absolute atomic E-state index is 0.00468. The molecule has 0 aliphatic carbocycles. The molecule has 13 heavy (non-hydrogen) atoms. The monoisotopic (exact) mass is 204 g/mol. The van der Waals surface area contributed by atoms with Crippen molar-refractivity contribution in [2.24, 2.45) is 0 Å². The molecule has 0 bridgehead atoms. The highest BCUT2D eigenvalue weighted by atomic mass is 35.5. The molecule has 0 saturated carbocycles. The van der Waals surface area contributed by atoms with Crippen LogP contribution in [0.3, 0.4) is 0 Å². The Labute approximate surface area is 84.5 Å². The van der Waals surface area contributed by atoms with E-state index in [-0.39, 0.29) is 5.91 Å². The SMILES string of the molecule is C=C(Cl)CNC(=O)CCNC(C)C. The average molecular weight is 205 g/mol. The van der Waals surface area contributed by atoms with Crippen molar-refractivity contribution in [3.63, 3.8) is 0 Å². The van der Waals surface area contributed by atoms with Gasteiger partial charge in [-0.3, -0.25) is 4.79 Å². The lowest BCUT2D eigenvalue weighted by Gasteiger charge is -2.07. The fraction of sp³-hybridized carbons (Fsp3) is 0.667. The Hall–Kier alpha value is -0.540. The van der Waals surface area contributed by atoms with Crippen LogP contribution in [0.2, 0.25) is 0 Å². The highest BCUT2D eigenvalue weighted by Gasteiger charge is 2.00. The summed E-state index contributed by atoms with van der Waals surface area (Å²) in [4.78, 5) is 11.1. The second-order valence-corrected chi connectivity index (χ2v) is 3.69. The Morgan fingerprint density at radius 3 is 2.62 bits per heavy atom. The largest absolute Gasteiger partial charge is 0.351 e. The van der Waals surface area contributed by atoms with E-state index in [9.17, 15) is 4.79 Å². The molecule has 2 N–H and O–H groups in total. The van der Waals surface area contributed by atoms with Crippen LogP contribution in [0.4, 0.5) is 0 Å². The third-order valence-electron chi connectivity index (χ3n) is 1.38. The molecule has 0 saturated heterocycles. The van der Waals surface area contributed by atoms with E-state index < -0.39 is 0 Å². The van der Waals surface area contributed by atoms with Gasteiger partial charge in [0.1, 0.15) is 0 Å². The molecule has 76 valence electrons. The van der Waals surface area contributed by atoms with E-state index >= 15 is 0 Å². The summed E-state index contributed by atoms with van der Waals surface area (Å²) in [7, 11) is 0. The molecule has 1 amide bonds. The average Bonchev–Trinajstić information content (AvgIpc) is 2.00. The molecule has 0 aromatic heterocycles. The number of hydrogen-bond donors (Lipinski definition) is 2. The summed E-state index contributed by atoms with van der Waals surface area (Å²) < 4.78 is 0. The molecule has 4 heteroatoms. The van der Waals surface area contributed by atoms with Crippen LogP contribution in [0.15, 0.2) is 11.6 Å². The van der Waals surface area contributed by atoms with Gasteiger partial charge < -0.3 is 10.6 Å². The molecule has 0 fully saturated rings. The van der Waals surface area contributed by atoms with Crippen molar-refractivity contribution in [1.82, 2.24) is 10.6 Å². The fourth-order valence-corrected chi connectivity index (χ4v) is 0.824. The summed E-state index contributed by atoms with van der Waals surface area (Å²) in [6, 6.07) is 0.413. The van der Waals surface area contributed by atoms with Gasteiger partial charge in [-0.15, -0.1) is 0 Å². The second-order valence-electron chi connectivity index (χ2n) is 3.15. The van der Waals surface area contributed by atoms with Gasteiger partial charge in [0.05, 0.1) is 6.54 Å². The highest BCUT2D eigenvalue weighted by molar-refractivity contribution is 6.29. The minimum Gasteiger partial charge on any atom is -0.351 e. The number of halogens is 1. The first kappa shape index (κ1) is 12.5. The molecule has 0 aromatic carbocycles. The zero-order valence-electron chi connectivity index (χ0n) is 8.19. The predicted octanol–water partition coefficient (Wildman–Crippen LogP) is 1.24. The lowest BCUT2D eigenvalue weighted by atomic mass is 10.3. The first-order valence-corrected chi connectivity index (χ1v) is 4.73. The van der Waals surface area contributed by atoms with Gasteiger partial charge in [0.15, 0.2) is 0 Å². The lowest BCUT2D eigenvalue weighted by Crippen LogP contribution is -2.31. The summed E-state index contributed by atoms with van der Waals surface area (Å²) in [5.41, 5.74) is 0. The Bertz CT molecular complexity index is 180. The van der Waals surface area contributed by atoms with Crippen molar-refractivity contribution in [2.45, 2.75) is 26.3 Å². The molecule has 3 nitrogen and oxygen atoms in total. The van der Waals surface area contributed by atoms with E-state index in [0.29, 0.717) is 30.6 Å². The number of nitrogens with one attached hydrogen (secondary N) is 2. The van der Waals surface area contributed by atoms with Crippen molar-refractivity contribution in [3.05, 3.63) is 11.6 Å². The molecule has 0 radical (unpaired) electrons. The predicted molar refractivity (Wildman–Crippen MR) is 55.8 cm³/mol. The molecule has 0 aliphatic rings. The van der Waals surface area contributed by atoms with E-state index in [4.69, 9.17) is 11.6 Å². The van der Waals surface area contributed by atoms with Crippen molar-refractivity contribution in [1.29, 1.82) is 0 Å². The first-order chi connectivity index (χ1) is 6.02. The highest BCUT2D eigenvalue weighted by Crippen LogP contribution is 1.92. The van der Waals surface area contributed by atoms with Crippen LogP contribution in [0, 0.1) is 0 Å². The van der Waals surface area contributed by atoms with Crippen LogP contribution in [0.25, 0.3) is 0 Å². The van der Waals surface area contributed by atoms with Crippen molar-refractivity contribution >= 4 is 17.5 Å². The van der Waals surface area contributed by atoms with Gasteiger partial charge in [0, 0.05) is 24.0 Å². The minimum atomic E-state index is -0.00468. The zero-order valence-corrected chi connectivity index (χ0v) is 8.95. The van der Waals surface area contributed by atoms with E-state index in [2.05, 4.69) is 17.2 Å². The number of amides is 1. The van der Waals surface area contributed by atoms with Crippen LogP contribution in [0.1, 0.15) is 20.3 Å². The van der Waals surface area contributed by atoms with E-state index in [1.807, 2.05) is 13.8 Å². The second kappa shape index (κ2) is 6.92. The number of rotatable bonds is 6. The molecule has 0 rings (SSSR count). The van der Waals surface area contributed by atoms with Gasteiger partial charge in [0.25, 0.3) is 0 Å². The van der Waals surface area contributed by atoms with Crippen molar-refractivity contribution in [3.8, 4) is 0 Å². The van der Waals surface area contributed by atoms with Gasteiger partial charge in [-0.05, 0) is 0 Å². The first-order valence-electron chi connectivity index (χ1n) is 4.35. The summed E-state index contributed by atoms with van der Waals surface area (Å²) in [6.45, 7) is 8.59. The Morgan fingerprint density at radius 2 is 2.15 bits per heavy atom. The molecular formula is C9H17ClN2O. The summed E-state index contributed by atoms with van der Waals surface area (Å²) >= 11 is 5.48. The van der Waals surface area contributed by atoms with Crippen LogP contribution in [-0.2, 0) is 4.79 Å². The maximum Gasteiger partial charge on any atom is 0.221 e. The van der Waals surface area contributed by atoms with Gasteiger partial charge in [-0.2, -0.15) is 0 Å². The standard InChI is InChI=1S/C9H17ClN2O/c1-7(2)11-5-4-9(13)12-6-8(3)10/h7,11H,3-6H2,1-2H3,(H,12,13). The topological polar surface area (TPSA) is 41.1 Å². The molecule has 0 aliphatic heterocycles. The molecule has 0 spiro atoms. The van der Waals surface area contributed by atoms with Crippen LogP contribution >= 0.6 is 11.6 Å². The van der Waals surface area contributed by atoms with Crippen molar-refractivity contribution < 1.29 is 4.79 Å². The Morgan fingerprint density at radius 1 is 1.54 bits per heavy atom. The molecule has 0 unspecified atom stereocenters. The lowest BCUT2D eigenvalue weighted by molar-refractivity contribution is -0.120. The van der Waals surface area contributed by atoms with Gasteiger partial charge >= 0.3 is 0 Å². The maximum absolute atomic E-state index is 11.1. The van der Waals surface area contributed by atoms with E-state index in [0.717, 1.165) is 0 Å². The van der Waals surface area contributed by atoms with Gasteiger partial charge in [-0.25, -0.2) is 0 Å². The van der Waals surface area contributed by atoms with E-state index in [1.165, 1.54) is 0 Å². The number of carbonyl (C=O) groups excluding carboxylic acids is 1. The van der Waals surface area contributed by atoms with Crippen LogP contribution in [-0.4, -0.2) is 25.0 Å². The zero-order chi connectivity index (χ0) is 10.3. The maximum atomic E-state index is 11.1. The molecule has 0 atom stereocenters. The number of hydrogen-bond acceptors (Lipinski definition) is 2. The van der Waals surface area contributed by atoms with Gasteiger partial charge in [0.2, 0.25) is 5.91 Å². The number of carbonyl (C=O) groups is 1. The summed E-state index contributed by atoms with van der Waals surface area (Å²) in [5.74, 6) is -0.00468. The quantitative estimate of drug-likeness (QED) is 0.684. The fourth-order valence-electron chi connectivity index (χ4n) is 0.757. The van der Waals surface area contributed by atoms with E-state index in [1.54, 1.807) is 0 Å². The van der Waals surface area contributed by atoms with Crippen LogP contribution < -0.4 is 10.6 Å². The molecule has 0 aromatic rings. The third kappa shape index (κ3) is 9.37. The molecule has 0 heterocycles. The normalized spacial score (nSPS) is 10.2. The third-order valence-corrected chi connectivity index (χ3v) is 1.52. The van der Waals surface area contributed by atoms with Gasteiger partial charge in [-0.1, -0.05) is 32.0 Å². The Balaban J connectivity index is 3.36. The summed E-state index contributed by atoms with van der Waals surface area (Å²) in [5, 5.41) is 6.24. The Kier molecular flexibility index (Phi) is 6.63. The summed E-state index contributed by atoms with van der Waals surface area (Å²) in [6.07, 6.45) is 0.475. The van der Waals surface area contributed by atoms with Crippen LogP contribution in [0.5, 0.6) is 0 Å². The van der Waals surface area contributed by atoms with Crippen molar-refractivity contribution in [2.75, 3.05) is 13.1 Å². The molecular weight excluding hydrogens is 188 g/mol.